The fourth-order valence-corrected chi connectivity index (χ4v) is 2.12. The zero-order valence-corrected chi connectivity index (χ0v) is 10.6. The van der Waals surface area contributed by atoms with Crippen LogP contribution in [-0.4, -0.2) is 21.6 Å². The van der Waals surface area contributed by atoms with Gasteiger partial charge in [-0.25, -0.2) is 4.98 Å². The molecule has 0 aromatic carbocycles. The molecule has 2 heterocycles. The van der Waals surface area contributed by atoms with E-state index in [0.29, 0.717) is 11.8 Å². The van der Waals surface area contributed by atoms with E-state index >= 15 is 0 Å². The van der Waals surface area contributed by atoms with Gasteiger partial charge in [0.1, 0.15) is 11.4 Å². The second kappa shape index (κ2) is 4.96. The SMILES string of the molecule is CCCc1nc(N)nc(C2(C)CCCCO2)n1. The summed E-state index contributed by atoms with van der Waals surface area (Å²) >= 11 is 0. The van der Waals surface area contributed by atoms with Crippen molar-refractivity contribution < 1.29 is 4.74 Å². The van der Waals surface area contributed by atoms with Gasteiger partial charge in [-0.05, 0) is 32.6 Å². The van der Waals surface area contributed by atoms with Crippen LogP contribution < -0.4 is 5.73 Å². The number of anilines is 1. The monoisotopic (exact) mass is 236 g/mol. The molecule has 2 N–H and O–H groups in total. The van der Waals surface area contributed by atoms with Crippen molar-refractivity contribution in [3.8, 4) is 0 Å². The molecule has 1 saturated heterocycles. The van der Waals surface area contributed by atoms with E-state index in [2.05, 4.69) is 21.9 Å². The Hall–Kier alpha value is -1.23. The third kappa shape index (κ3) is 2.72. The van der Waals surface area contributed by atoms with Crippen molar-refractivity contribution in [2.45, 2.75) is 51.6 Å². The van der Waals surface area contributed by atoms with Gasteiger partial charge in [0.2, 0.25) is 5.95 Å². The van der Waals surface area contributed by atoms with E-state index in [0.717, 1.165) is 44.5 Å². The minimum absolute atomic E-state index is 0.300. The number of nitrogens with two attached hydrogens (primary N) is 1. The third-order valence-corrected chi connectivity index (χ3v) is 3.11. The predicted octanol–water partition coefficient (Wildman–Crippen LogP) is 1.82. The van der Waals surface area contributed by atoms with Crippen molar-refractivity contribution in [2.75, 3.05) is 12.3 Å². The molecule has 0 aliphatic carbocycles. The van der Waals surface area contributed by atoms with Crippen LogP contribution in [0.25, 0.3) is 0 Å². The van der Waals surface area contributed by atoms with Crippen LogP contribution in [0.5, 0.6) is 0 Å². The molecule has 2 rings (SSSR count). The quantitative estimate of drug-likeness (QED) is 0.866. The Labute approximate surface area is 102 Å². The molecular weight excluding hydrogens is 216 g/mol. The van der Waals surface area contributed by atoms with Crippen molar-refractivity contribution >= 4 is 5.95 Å². The summed E-state index contributed by atoms with van der Waals surface area (Å²) in [5.41, 5.74) is 5.35. The number of nitrogen functional groups attached to an aromatic ring is 1. The standard InChI is InChI=1S/C12H20N4O/c1-3-6-9-14-10(16-11(13)15-9)12(2)7-4-5-8-17-12/h3-8H2,1-2H3,(H2,13,14,15,16). The lowest BCUT2D eigenvalue weighted by Gasteiger charge is -2.32. The molecule has 1 aromatic heterocycles. The third-order valence-electron chi connectivity index (χ3n) is 3.11. The average molecular weight is 236 g/mol. The van der Waals surface area contributed by atoms with Gasteiger partial charge in [-0.15, -0.1) is 0 Å². The summed E-state index contributed by atoms with van der Waals surface area (Å²) in [6.45, 7) is 4.90. The van der Waals surface area contributed by atoms with Crippen molar-refractivity contribution in [2.24, 2.45) is 0 Å². The molecule has 1 aliphatic rings. The highest BCUT2D eigenvalue weighted by Gasteiger charge is 2.33. The van der Waals surface area contributed by atoms with Gasteiger partial charge in [-0.2, -0.15) is 9.97 Å². The lowest BCUT2D eigenvalue weighted by molar-refractivity contribution is -0.0762. The van der Waals surface area contributed by atoms with E-state index < -0.39 is 5.60 Å². The molecule has 1 atom stereocenters. The van der Waals surface area contributed by atoms with E-state index in [1.54, 1.807) is 0 Å². The molecule has 1 aromatic rings. The zero-order chi connectivity index (χ0) is 12.3. The second-order valence-corrected chi connectivity index (χ2v) is 4.72. The second-order valence-electron chi connectivity index (χ2n) is 4.72. The zero-order valence-electron chi connectivity index (χ0n) is 10.6. The summed E-state index contributed by atoms with van der Waals surface area (Å²) in [5.74, 6) is 1.76. The van der Waals surface area contributed by atoms with E-state index in [-0.39, 0.29) is 0 Å². The van der Waals surface area contributed by atoms with Crippen molar-refractivity contribution in [1.29, 1.82) is 0 Å². The highest BCUT2D eigenvalue weighted by atomic mass is 16.5. The number of aryl methyl sites for hydroxylation is 1. The van der Waals surface area contributed by atoms with E-state index in [1.807, 2.05) is 6.92 Å². The van der Waals surface area contributed by atoms with Gasteiger partial charge in [0.15, 0.2) is 5.82 Å². The molecule has 0 saturated carbocycles. The van der Waals surface area contributed by atoms with Crippen LogP contribution in [-0.2, 0) is 16.8 Å². The van der Waals surface area contributed by atoms with Crippen LogP contribution in [0.4, 0.5) is 5.95 Å². The van der Waals surface area contributed by atoms with E-state index in [1.165, 1.54) is 0 Å². The Balaban J connectivity index is 2.30. The average Bonchev–Trinajstić information content (AvgIpc) is 2.30. The van der Waals surface area contributed by atoms with Crippen LogP contribution >= 0.6 is 0 Å². The van der Waals surface area contributed by atoms with Gasteiger partial charge in [0.25, 0.3) is 0 Å². The maximum absolute atomic E-state index is 5.83. The lowest BCUT2D eigenvalue weighted by Crippen LogP contribution is -2.33. The topological polar surface area (TPSA) is 73.9 Å². The van der Waals surface area contributed by atoms with E-state index in [9.17, 15) is 0 Å². The van der Waals surface area contributed by atoms with Crippen LogP contribution in [0.3, 0.4) is 0 Å². The molecule has 0 amide bonds. The summed E-state index contributed by atoms with van der Waals surface area (Å²) in [5, 5.41) is 0. The number of ether oxygens (including phenoxy) is 1. The summed E-state index contributed by atoms with van der Waals surface area (Å²) in [6, 6.07) is 0. The van der Waals surface area contributed by atoms with Crippen LogP contribution in [0.1, 0.15) is 51.2 Å². The van der Waals surface area contributed by atoms with Crippen molar-refractivity contribution in [1.82, 2.24) is 15.0 Å². The molecular formula is C12H20N4O. The van der Waals surface area contributed by atoms with Crippen molar-refractivity contribution in [3.05, 3.63) is 11.6 Å². The minimum atomic E-state index is -0.391. The fourth-order valence-electron chi connectivity index (χ4n) is 2.12. The van der Waals surface area contributed by atoms with Gasteiger partial charge < -0.3 is 10.5 Å². The van der Waals surface area contributed by atoms with Crippen LogP contribution in [0.2, 0.25) is 0 Å². The molecule has 94 valence electrons. The molecule has 0 radical (unpaired) electrons. The molecule has 1 fully saturated rings. The number of hydrogen-bond acceptors (Lipinski definition) is 5. The summed E-state index contributed by atoms with van der Waals surface area (Å²) in [7, 11) is 0. The Morgan fingerprint density at radius 3 is 2.76 bits per heavy atom. The molecule has 0 spiro atoms. The van der Waals surface area contributed by atoms with Gasteiger partial charge >= 0.3 is 0 Å². The lowest BCUT2D eigenvalue weighted by atomic mass is 9.95. The van der Waals surface area contributed by atoms with Crippen LogP contribution in [0, 0.1) is 0 Å². The van der Waals surface area contributed by atoms with E-state index in [4.69, 9.17) is 10.5 Å². The Kier molecular flexibility index (Phi) is 3.57. The number of nitrogens with zero attached hydrogens (tertiary/aromatic N) is 3. The van der Waals surface area contributed by atoms with Crippen LogP contribution in [0.15, 0.2) is 0 Å². The predicted molar refractivity (Wildman–Crippen MR) is 65.4 cm³/mol. The number of rotatable bonds is 3. The summed E-state index contributed by atoms with van der Waals surface area (Å²) in [4.78, 5) is 12.9. The maximum Gasteiger partial charge on any atom is 0.223 e. The van der Waals surface area contributed by atoms with Gasteiger partial charge in [0, 0.05) is 13.0 Å². The van der Waals surface area contributed by atoms with Gasteiger partial charge in [-0.1, -0.05) is 6.92 Å². The first kappa shape index (κ1) is 12.2. The Bertz CT molecular complexity index is 388. The Morgan fingerprint density at radius 2 is 2.12 bits per heavy atom. The first-order chi connectivity index (χ1) is 8.14. The highest BCUT2D eigenvalue weighted by Crippen LogP contribution is 2.32. The maximum atomic E-state index is 5.83. The number of aromatic nitrogens is 3. The van der Waals surface area contributed by atoms with Gasteiger partial charge in [0.05, 0.1) is 0 Å². The summed E-state index contributed by atoms with van der Waals surface area (Å²) < 4.78 is 5.83. The first-order valence-electron chi connectivity index (χ1n) is 6.29. The smallest absolute Gasteiger partial charge is 0.223 e. The van der Waals surface area contributed by atoms with Crippen molar-refractivity contribution in [3.63, 3.8) is 0 Å². The summed E-state index contributed by atoms with van der Waals surface area (Å²) in [6.07, 6.45) is 5.03. The molecule has 17 heavy (non-hydrogen) atoms. The molecule has 1 unspecified atom stereocenters. The highest BCUT2D eigenvalue weighted by molar-refractivity contribution is 5.19. The minimum Gasteiger partial charge on any atom is -0.368 e. The molecule has 0 bridgehead atoms. The molecule has 1 aliphatic heterocycles. The number of hydrogen-bond donors (Lipinski definition) is 1. The largest absolute Gasteiger partial charge is 0.368 e. The first-order valence-corrected chi connectivity index (χ1v) is 6.29. The Morgan fingerprint density at radius 1 is 1.29 bits per heavy atom. The normalized spacial score (nSPS) is 24.8. The van der Waals surface area contributed by atoms with Gasteiger partial charge in [-0.3, -0.25) is 0 Å². The fraction of sp³-hybridized carbons (Fsp3) is 0.750. The molecule has 5 heteroatoms. The molecule has 5 nitrogen and oxygen atoms in total.